The zero-order valence-electron chi connectivity index (χ0n) is 11.9. The summed E-state index contributed by atoms with van der Waals surface area (Å²) in [5.41, 5.74) is -0.189. The first-order valence-corrected chi connectivity index (χ1v) is 8.09. The maximum Gasteiger partial charge on any atom is 0.416 e. The number of hydrogen-bond acceptors (Lipinski definition) is 3. The standard InChI is InChI=1S/C16H17F3N2S/c17-16(18,19)13-5-2-1-4-12(13)15(14-6-3-11-22-14)21-9-7-20-8-10-21/h1-6,11,15,20H,7-10H2. The minimum Gasteiger partial charge on any atom is -0.314 e. The van der Waals surface area contributed by atoms with E-state index in [0.29, 0.717) is 5.56 Å². The maximum absolute atomic E-state index is 13.4. The third-order valence-electron chi connectivity index (χ3n) is 3.89. The maximum atomic E-state index is 13.4. The highest BCUT2D eigenvalue weighted by Crippen LogP contribution is 2.40. The molecular weight excluding hydrogens is 309 g/mol. The molecule has 1 saturated heterocycles. The second kappa shape index (κ2) is 6.40. The summed E-state index contributed by atoms with van der Waals surface area (Å²) >= 11 is 1.51. The molecule has 22 heavy (non-hydrogen) atoms. The Morgan fingerprint density at radius 1 is 1.05 bits per heavy atom. The SMILES string of the molecule is FC(F)(F)c1ccccc1C(c1cccs1)N1CCNCC1. The van der Waals surface area contributed by atoms with Crippen LogP contribution in [0.3, 0.4) is 0 Å². The van der Waals surface area contributed by atoms with Crippen LogP contribution in [-0.2, 0) is 6.18 Å². The molecule has 1 unspecified atom stereocenters. The lowest BCUT2D eigenvalue weighted by atomic mass is 9.96. The zero-order valence-corrected chi connectivity index (χ0v) is 12.8. The van der Waals surface area contributed by atoms with Crippen molar-refractivity contribution in [3.05, 3.63) is 57.8 Å². The number of nitrogens with zero attached hydrogens (tertiary/aromatic N) is 1. The summed E-state index contributed by atoms with van der Waals surface area (Å²) in [6.45, 7) is 3.09. The van der Waals surface area contributed by atoms with Crippen LogP contribution in [0.4, 0.5) is 13.2 Å². The van der Waals surface area contributed by atoms with Crippen molar-refractivity contribution < 1.29 is 13.2 Å². The zero-order chi connectivity index (χ0) is 15.6. The summed E-state index contributed by atoms with van der Waals surface area (Å²) in [5, 5.41) is 5.17. The molecule has 1 atom stereocenters. The molecule has 0 amide bonds. The molecule has 2 aromatic rings. The van der Waals surface area contributed by atoms with E-state index in [-0.39, 0.29) is 6.04 Å². The van der Waals surface area contributed by atoms with E-state index in [0.717, 1.165) is 31.1 Å². The Labute approximate surface area is 131 Å². The van der Waals surface area contributed by atoms with Gasteiger partial charge in [-0.15, -0.1) is 11.3 Å². The Hall–Kier alpha value is -1.37. The molecular formula is C16H17F3N2S. The van der Waals surface area contributed by atoms with Crippen molar-refractivity contribution in [3.63, 3.8) is 0 Å². The molecule has 0 aliphatic carbocycles. The number of piperazine rings is 1. The highest BCUT2D eigenvalue weighted by molar-refractivity contribution is 7.10. The lowest BCUT2D eigenvalue weighted by Gasteiger charge is -2.35. The van der Waals surface area contributed by atoms with Crippen LogP contribution in [0, 0.1) is 0 Å². The van der Waals surface area contributed by atoms with E-state index < -0.39 is 11.7 Å². The molecule has 1 aromatic carbocycles. The van der Waals surface area contributed by atoms with E-state index in [9.17, 15) is 13.2 Å². The first-order valence-electron chi connectivity index (χ1n) is 7.21. The molecule has 2 nitrogen and oxygen atoms in total. The second-order valence-electron chi connectivity index (χ2n) is 5.29. The molecule has 0 spiro atoms. The monoisotopic (exact) mass is 326 g/mol. The number of nitrogens with one attached hydrogen (secondary N) is 1. The van der Waals surface area contributed by atoms with Crippen molar-refractivity contribution in [2.75, 3.05) is 26.2 Å². The van der Waals surface area contributed by atoms with Crippen molar-refractivity contribution in [1.82, 2.24) is 10.2 Å². The van der Waals surface area contributed by atoms with Crippen LogP contribution in [0.5, 0.6) is 0 Å². The smallest absolute Gasteiger partial charge is 0.314 e. The summed E-state index contributed by atoms with van der Waals surface area (Å²) in [4.78, 5) is 3.09. The van der Waals surface area contributed by atoms with Gasteiger partial charge in [-0.2, -0.15) is 13.2 Å². The van der Waals surface area contributed by atoms with Gasteiger partial charge in [0, 0.05) is 31.1 Å². The molecule has 0 radical (unpaired) electrons. The van der Waals surface area contributed by atoms with E-state index >= 15 is 0 Å². The highest BCUT2D eigenvalue weighted by atomic mass is 32.1. The number of rotatable bonds is 3. The van der Waals surface area contributed by atoms with E-state index in [4.69, 9.17) is 0 Å². The predicted molar refractivity (Wildman–Crippen MR) is 82.0 cm³/mol. The first-order chi connectivity index (χ1) is 10.6. The largest absolute Gasteiger partial charge is 0.416 e. The molecule has 0 bridgehead atoms. The summed E-state index contributed by atoms with van der Waals surface area (Å²) in [6, 6.07) is 9.41. The lowest BCUT2D eigenvalue weighted by molar-refractivity contribution is -0.138. The van der Waals surface area contributed by atoms with Crippen LogP contribution in [0.15, 0.2) is 41.8 Å². The van der Waals surface area contributed by atoms with E-state index in [2.05, 4.69) is 10.2 Å². The van der Waals surface area contributed by atoms with Gasteiger partial charge >= 0.3 is 6.18 Å². The molecule has 3 rings (SSSR count). The average Bonchev–Trinajstić information content (AvgIpc) is 3.02. The summed E-state index contributed by atoms with van der Waals surface area (Å²) in [7, 11) is 0. The van der Waals surface area contributed by atoms with Crippen molar-refractivity contribution in [1.29, 1.82) is 0 Å². The highest BCUT2D eigenvalue weighted by Gasteiger charge is 2.37. The van der Waals surface area contributed by atoms with Gasteiger partial charge < -0.3 is 5.32 Å². The van der Waals surface area contributed by atoms with Gasteiger partial charge in [0.25, 0.3) is 0 Å². The molecule has 1 aliphatic rings. The normalized spacial score (nSPS) is 18.3. The Balaban J connectivity index is 2.07. The third kappa shape index (κ3) is 3.19. The van der Waals surface area contributed by atoms with Gasteiger partial charge in [0.15, 0.2) is 0 Å². The van der Waals surface area contributed by atoms with Crippen LogP contribution in [0.2, 0.25) is 0 Å². The number of hydrogen-bond donors (Lipinski definition) is 1. The fraction of sp³-hybridized carbons (Fsp3) is 0.375. The molecule has 6 heteroatoms. The molecule has 2 heterocycles. The summed E-state index contributed by atoms with van der Waals surface area (Å²) in [5.74, 6) is 0. The molecule has 1 aromatic heterocycles. The molecule has 0 saturated carbocycles. The molecule has 1 fully saturated rings. The number of benzene rings is 1. The number of alkyl halides is 3. The molecule has 1 aliphatic heterocycles. The quantitative estimate of drug-likeness (QED) is 0.924. The van der Waals surface area contributed by atoms with Crippen LogP contribution >= 0.6 is 11.3 Å². The van der Waals surface area contributed by atoms with Crippen LogP contribution in [0.1, 0.15) is 22.0 Å². The molecule has 118 valence electrons. The van der Waals surface area contributed by atoms with Crippen LogP contribution in [-0.4, -0.2) is 31.1 Å². The lowest BCUT2D eigenvalue weighted by Crippen LogP contribution is -2.45. The van der Waals surface area contributed by atoms with E-state index in [1.807, 2.05) is 17.5 Å². The van der Waals surface area contributed by atoms with Crippen molar-refractivity contribution in [2.45, 2.75) is 12.2 Å². The Morgan fingerprint density at radius 2 is 1.77 bits per heavy atom. The van der Waals surface area contributed by atoms with E-state index in [1.165, 1.54) is 23.5 Å². The fourth-order valence-corrected chi connectivity index (χ4v) is 3.79. The molecule has 1 N–H and O–H groups in total. The van der Waals surface area contributed by atoms with Crippen LogP contribution < -0.4 is 5.32 Å². The fourth-order valence-electron chi connectivity index (χ4n) is 2.91. The van der Waals surface area contributed by atoms with Crippen molar-refractivity contribution in [2.24, 2.45) is 0 Å². The number of thiophene rings is 1. The van der Waals surface area contributed by atoms with Crippen molar-refractivity contribution >= 4 is 11.3 Å². The summed E-state index contributed by atoms with van der Waals surface area (Å²) < 4.78 is 40.2. The average molecular weight is 326 g/mol. The Kier molecular flexibility index (Phi) is 4.52. The van der Waals surface area contributed by atoms with Crippen LogP contribution in [0.25, 0.3) is 0 Å². The summed E-state index contributed by atoms with van der Waals surface area (Å²) in [6.07, 6.45) is -4.33. The minimum atomic E-state index is -4.33. The minimum absolute atomic E-state index is 0.333. The Morgan fingerprint density at radius 3 is 2.41 bits per heavy atom. The second-order valence-corrected chi connectivity index (χ2v) is 6.27. The van der Waals surface area contributed by atoms with E-state index in [1.54, 1.807) is 12.1 Å². The van der Waals surface area contributed by atoms with Gasteiger partial charge in [-0.3, -0.25) is 4.90 Å². The third-order valence-corrected chi connectivity index (χ3v) is 4.81. The van der Waals surface area contributed by atoms with Gasteiger partial charge in [0.05, 0.1) is 11.6 Å². The van der Waals surface area contributed by atoms with Crippen molar-refractivity contribution in [3.8, 4) is 0 Å². The first kappa shape index (κ1) is 15.5. The predicted octanol–water partition coefficient (Wildman–Crippen LogP) is 3.76. The Bertz CT molecular complexity index is 604. The van der Waals surface area contributed by atoms with Gasteiger partial charge in [-0.1, -0.05) is 24.3 Å². The van der Waals surface area contributed by atoms with Gasteiger partial charge in [0.2, 0.25) is 0 Å². The van der Waals surface area contributed by atoms with Gasteiger partial charge in [-0.25, -0.2) is 0 Å². The number of halogens is 3. The van der Waals surface area contributed by atoms with Gasteiger partial charge in [0.1, 0.15) is 0 Å². The topological polar surface area (TPSA) is 15.3 Å². The van der Waals surface area contributed by atoms with Gasteiger partial charge in [-0.05, 0) is 23.1 Å².